The van der Waals surface area contributed by atoms with E-state index in [0.717, 1.165) is 12.8 Å². The molecule has 0 bridgehead atoms. The number of halogens is 1. The standard InChI is InChI=1S/C27H26ClN3O5/c1-2-3-16-35-21-14-10-20(11-15-21)27(34)36-22-12-8-19(9-13-22)17-30-31-25(32)18-29-26(33)23-6-4-5-7-24(23)28/h4-15,17H,2-3,16,18H2,1H3,(H,29,33)(H,31,32)/b30-17-. The van der Waals surface area contributed by atoms with E-state index in [-0.39, 0.29) is 12.1 Å². The Morgan fingerprint density at radius 2 is 1.64 bits per heavy atom. The van der Waals surface area contributed by atoms with Gasteiger partial charge in [-0.1, -0.05) is 37.1 Å². The summed E-state index contributed by atoms with van der Waals surface area (Å²) in [6.07, 6.45) is 3.45. The summed E-state index contributed by atoms with van der Waals surface area (Å²) >= 11 is 5.96. The zero-order chi connectivity index (χ0) is 25.8. The van der Waals surface area contributed by atoms with Gasteiger partial charge in [-0.05, 0) is 72.6 Å². The number of benzene rings is 3. The number of carbonyl (C=O) groups is 3. The molecule has 3 aromatic rings. The van der Waals surface area contributed by atoms with Gasteiger partial charge < -0.3 is 14.8 Å². The minimum atomic E-state index is -0.501. The van der Waals surface area contributed by atoms with E-state index in [1.165, 1.54) is 6.21 Å². The SMILES string of the molecule is CCCCOc1ccc(C(=O)Oc2ccc(/C=N\NC(=O)CNC(=O)c3ccccc3Cl)cc2)cc1. The Balaban J connectivity index is 1.43. The maximum Gasteiger partial charge on any atom is 0.343 e. The van der Waals surface area contributed by atoms with E-state index in [0.29, 0.717) is 34.3 Å². The van der Waals surface area contributed by atoms with Gasteiger partial charge in [0.05, 0.1) is 35.5 Å². The molecule has 36 heavy (non-hydrogen) atoms. The number of nitrogens with one attached hydrogen (secondary N) is 2. The number of rotatable bonds is 11. The first-order valence-electron chi connectivity index (χ1n) is 11.4. The Labute approximate surface area is 214 Å². The lowest BCUT2D eigenvalue weighted by atomic mass is 10.2. The molecule has 2 N–H and O–H groups in total. The van der Waals surface area contributed by atoms with Crippen molar-refractivity contribution in [3.05, 3.63) is 94.5 Å². The van der Waals surface area contributed by atoms with Crippen LogP contribution in [0, 0.1) is 0 Å². The molecule has 0 unspecified atom stereocenters. The van der Waals surface area contributed by atoms with Crippen molar-refractivity contribution in [1.29, 1.82) is 0 Å². The fraction of sp³-hybridized carbons (Fsp3) is 0.185. The largest absolute Gasteiger partial charge is 0.494 e. The van der Waals surface area contributed by atoms with Crippen LogP contribution in [0.15, 0.2) is 77.9 Å². The molecule has 8 nitrogen and oxygen atoms in total. The maximum absolute atomic E-state index is 12.4. The molecule has 0 aromatic heterocycles. The van der Waals surface area contributed by atoms with Crippen LogP contribution >= 0.6 is 11.6 Å². The lowest BCUT2D eigenvalue weighted by Gasteiger charge is -2.07. The number of carbonyl (C=O) groups excluding carboxylic acids is 3. The van der Waals surface area contributed by atoms with Crippen LogP contribution in [0.25, 0.3) is 0 Å². The third-order valence-electron chi connectivity index (χ3n) is 4.88. The van der Waals surface area contributed by atoms with Crippen LogP contribution in [-0.4, -0.2) is 37.1 Å². The number of hydrazone groups is 1. The molecule has 0 heterocycles. The van der Waals surface area contributed by atoms with Crippen LogP contribution in [0.3, 0.4) is 0 Å². The zero-order valence-corrected chi connectivity index (χ0v) is 20.5. The first-order chi connectivity index (χ1) is 17.5. The van der Waals surface area contributed by atoms with Crippen LogP contribution in [0.2, 0.25) is 5.02 Å². The second-order valence-corrected chi connectivity index (χ2v) is 8.05. The second kappa shape index (κ2) is 13.7. The predicted octanol–water partition coefficient (Wildman–Crippen LogP) is 4.62. The van der Waals surface area contributed by atoms with E-state index in [2.05, 4.69) is 22.8 Å². The average Bonchev–Trinajstić information content (AvgIpc) is 2.89. The molecule has 0 atom stereocenters. The van der Waals surface area contributed by atoms with E-state index in [1.54, 1.807) is 72.8 Å². The molecule has 0 aliphatic heterocycles. The molecule has 0 fully saturated rings. The molecule has 0 aliphatic carbocycles. The van der Waals surface area contributed by atoms with E-state index < -0.39 is 17.8 Å². The van der Waals surface area contributed by atoms with Gasteiger partial charge in [0.25, 0.3) is 11.8 Å². The Kier molecular flexibility index (Phi) is 10.0. The number of esters is 1. The number of amides is 2. The molecule has 0 radical (unpaired) electrons. The third kappa shape index (κ3) is 8.25. The molecule has 0 spiro atoms. The second-order valence-electron chi connectivity index (χ2n) is 7.64. The summed E-state index contributed by atoms with van der Waals surface area (Å²) < 4.78 is 11.0. The monoisotopic (exact) mass is 507 g/mol. The van der Waals surface area contributed by atoms with Gasteiger partial charge in [-0.2, -0.15) is 5.10 Å². The molecular formula is C27H26ClN3O5. The number of ether oxygens (including phenoxy) is 2. The highest BCUT2D eigenvalue weighted by atomic mass is 35.5. The lowest BCUT2D eigenvalue weighted by molar-refractivity contribution is -0.120. The van der Waals surface area contributed by atoms with Gasteiger partial charge in [-0.15, -0.1) is 0 Å². The van der Waals surface area contributed by atoms with Gasteiger partial charge in [0.15, 0.2) is 0 Å². The molecule has 3 aromatic carbocycles. The van der Waals surface area contributed by atoms with Crippen molar-refractivity contribution in [1.82, 2.24) is 10.7 Å². The third-order valence-corrected chi connectivity index (χ3v) is 5.21. The first-order valence-corrected chi connectivity index (χ1v) is 11.7. The Bertz CT molecular complexity index is 1210. The highest BCUT2D eigenvalue weighted by Gasteiger charge is 2.11. The van der Waals surface area contributed by atoms with Gasteiger partial charge in [0, 0.05) is 0 Å². The fourth-order valence-electron chi connectivity index (χ4n) is 2.93. The normalized spacial score (nSPS) is 10.6. The maximum atomic E-state index is 12.4. The fourth-order valence-corrected chi connectivity index (χ4v) is 3.15. The highest BCUT2D eigenvalue weighted by Crippen LogP contribution is 2.17. The summed E-state index contributed by atoms with van der Waals surface area (Å²) in [6, 6.07) is 19.9. The van der Waals surface area contributed by atoms with Crippen molar-refractivity contribution in [3.63, 3.8) is 0 Å². The summed E-state index contributed by atoms with van der Waals surface area (Å²) in [5.41, 5.74) is 3.69. The van der Waals surface area contributed by atoms with Crippen LogP contribution < -0.4 is 20.2 Å². The molecule has 2 amide bonds. The van der Waals surface area contributed by atoms with Crippen LogP contribution in [-0.2, 0) is 4.79 Å². The number of hydrogen-bond acceptors (Lipinski definition) is 6. The molecule has 0 saturated heterocycles. The van der Waals surface area contributed by atoms with E-state index >= 15 is 0 Å². The Hall–Kier alpha value is -4.17. The summed E-state index contributed by atoms with van der Waals surface area (Å²) in [7, 11) is 0. The van der Waals surface area contributed by atoms with Crippen LogP contribution in [0.1, 0.15) is 46.0 Å². The molecular weight excluding hydrogens is 482 g/mol. The van der Waals surface area contributed by atoms with Crippen molar-refractivity contribution in [2.24, 2.45) is 5.10 Å². The van der Waals surface area contributed by atoms with E-state index in [4.69, 9.17) is 21.1 Å². The highest BCUT2D eigenvalue weighted by molar-refractivity contribution is 6.33. The predicted molar refractivity (Wildman–Crippen MR) is 138 cm³/mol. The number of unbranched alkanes of at least 4 members (excludes halogenated alkanes) is 1. The summed E-state index contributed by atoms with van der Waals surface area (Å²) in [5, 5.41) is 6.64. The minimum absolute atomic E-state index is 0.262. The molecule has 9 heteroatoms. The van der Waals surface area contributed by atoms with Crippen LogP contribution in [0.4, 0.5) is 0 Å². The average molecular weight is 508 g/mol. The molecule has 0 saturated carbocycles. The Morgan fingerprint density at radius 1 is 0.944 bits per heavy atom. The molecule has 186 valence electrons. The van der Waals surface area contributed by atoms with Gasteiger partial charge in [0.2, 0.25) is 0 Å². The van der Waals surface area contributed by atoms with Gasteiger partial charge in [-0.3, -0.25) is 9.59 Å². The number of nitrogens with zero attached hydrogens (tertiary/aromatic N) is 1. The van der Waals surface area contributed by atoms with Gasteiger partial charge >= 0.3 is 5.97 Å². The molecule has 0 aliphatic rings. The summed E-state index contributed by atoms with van der Waals surface area (Å²) in [5.74, 6) is -0.367. The zero-order valence-electron chi connectivity index (χ0n) is 19.7. The molecule has 3 rings (SSSR count). The Morgan fingerprint density at radius 3 is 2.33 bits per heavy atom. The van der Waals surface area contributed by atoms with Crippen LogP contribution in [0.5, 0.6) is 11.5 Å². The van der Waals surface area contributed by atoms with Gasteiger partial charge in [-0.25, -0.2) is 10.2 Å². The van der Waals surface area contributed by atoms with Crippen molar-refractivity contribution >= 4 is 35.6 Å². The smallest absolute Gasteiger partial charge is 0.343 e. The van der Waals surface area contributed by atoms with Crippen molar-refractivity contribution in [2.45, 2.75) is 19.8 Å². The lowest BCUT2D eigenvalue weighted by Crippen LogP contribution is -2.35. The number of hydrogen-bond donors (Lipinski definition) is 2. The van der Waals surface area contributed by atoms with E-state index in [1.807, 2.05) is 0 Å². The topological polar surface area (TPSA) is 106 Å². The van der Waals surface area contributed by atoms with Crippen molar-refractivity contribution in [3.8, 4) is 11.5 Å². The minimum Gasteiger partial charge on any atom is -0.494 e. The summed E-state index contributed by atoms with van der Waals surface area (Å²) in [6.45, 7) is 2.47. The van der Waals surface area contributed by atoms with Gasteiger partial charge in [0.1, 0.15) is 11.5 Å². The summed E-state index contributed by atoms with van der Waals surface area (Å²) in [4.78, 5) is 36.3. The quantitative estimate of drug-likeness (QED) is 0.129. The van der Waals surface area contributed by atoms with Crippen molar-refractivity contribution in [2.75, 3.05) is 13.2 Å². The van der Waals surface area contributed by atoms with Crippen molar-refractivity contribution < 1.29 is 23.9 Å². The van der Waals surface area contributed by atoms with E-state index in [9.17, 15) is 14.4 Å². The first kappa shape index (κ1) is 26.4.